The third-order valence-electron chi connectivity index (χ3n) is 3.51. The summed E-state index contributed by atoms with van der Waals surface area (Å²) in [5.41, 5.74) is 0.658. The lowest BCUT2D eigenvalue weighted by Gasteiger charge is -2.26. The third kappa shape index (κ3) is 3.63. The Hall–Kier alpha value is -1.84. The monoisotopic (exact) mass is 372 g/mol. The van der Waals surface area contributed by atoms with Gasteiger partial charge in [0.2, 0.25) is 5.01 Å². The molecule has 0 saturated heterocycles. The van der Waals surface area contributed by atoms with Crippen molar-refractivity contribution < 1.29 is 22.3 Å². The maximum absolute atomic E-state index is 13.1. The average Bonchev–Trinajstić information content (AvgIpc) is 3.06. The topological polar surface area (TPSA) is 76.6 Å². The Kier molecular flexibility index (Phi) is 5.68. The van der Waals surface area contributed by atoms with Crippen LogP contribution in [0.15, 0.2) is 34.7 Å². The second-order valence-electron chi connectivity index (χ2n) is 4.92. The number of methoxy groups -OCH3 is 1. The molecule has 1 heterocycles. The van der Waals surface area contributed by atoms with Gasteiger partial charge in [-0.3, -0.25) is 0 Å². The molecule has 0 saturated carbocycles. The highest BCUT2D eigenvalue weighted by Gasteiger charge is 2.31. The van der Waals surface area contributed by atoms with Gasteiger partial charge in [-0.2, -0.15) is 4.31 Å². The first kappa shape index (κ1) is 18.5. The van der Waals surface area contributed by atoms with E-state index < -0.39 is 22.0 Å². The van der Waals surface area contributed by atoms with E-state index in [-0.39, 0.29) is 22.4 Å². The molecule has 2 rings (SSSR count). The van der Waals surface area contributed by atoms with Gasteiger partial charge >= 0.3 is 5.97 Å². The third-order valence-corrected chi connectivity index (χ3v) is 6.41. The van der Waals surface area contributed by atoms with Crippen LogP contribution < -0.4 is 0 Å². The summed E-state index contributed by atoms with van der Waals surface area (Å²) in [6.07, 6.45) is 0. The van der Waals surface area contributed by atoms with E-state index in [2.05, 4.69) is 9.72 Å². The molecule has 0 fully saturated rings. The lowest BCUT2D eigenvalue weighted by molar-refractivity contribution is 0.0599. The normalized spacial score (nSPS) is 13.0. The van der Waals surface area contributed by atoms with Gasteiger partial charge in [0, 0.05) is 18.0 Å². The zero-order chi connectivity index (χ0) is 17.9. The molecule has 2 aromatic rings. The van der Waals surface area contributed by atoms with Crippen molar-refractivity contribution in [3.63, 3.8) is 0 Å². The summed E-state index contributed by atoms with van der Waals surface area (Å²) in [5, 5.41) is 1.08. The van der Waals surface area contributed by atoms with Crippen molar-refractivity contribution in [2.45, 2.75) is 24.9 Å². The van der Waals surface area contributed by atoms with Gasteiger partial charge < -0.3 is 4.74 Å². The Balaban J connectivity index is 2.35. The fourth-order valence-electron chi connectivity index (χ4n) is 2.24. The van der Waals surface area contributed by atoms with Gasteiger partial charge in [-0.1, -0.05) is 19.1 Å². The van der Waals surface area contributed by atoms with Gasteiger partial charge in [-0.15, -0.1) is 11.3 Å². The van der Waals surface area contributed by atoms with Crippen molar-refractivity contribution in [3.8, 4) is 0 Å². The number of benzene rings is 1. The van der Waals surface area contributed by atoms with Crippen LogP contribution in [-0.2, 0) is 14.8 Å². The molecular weight excluding hydrogens is 355 g/mol. The smallest absolute Gasteiger partial charge is 0.367 e. The molecule has 9 heteroatoms. The van der Waals surface area contributed by atoms with Crippen LogP contribution in [0.25, 0.3) is 0 Å². The Labute approximate surface area is 143 Å². The molecule has 1 aromatic carbocycles. The zero-order valence-corrected chi connectivity index (χ0v) is 15.0. The van der Waals surface area contributed by atoms with Crippen molar-refractivity contribution in [2.24, 2.45) is 0 Å². The highest BCUT2D eigenvalue weighted by molar-refractivity contribution is 7.89. The van der Waals surface area contributed by atoms with E-state index in [1.165, 1.54) is 28.9 Å². The molecule has 0 aliphatic rings. The average molecular weight is 372 g/mol. The molecule has 1 unspecified atom stereocenters. The Morgan fingerprint density at radius 3 is 2.54 bits per heavy atom. The van der Waals surface area contributed by atoms with E-state index >= 15 is 0 Å². The number of aromatic nitrogens is 1. The predicted molar refractivity (Wildman–Crippen MR) is 87.8 cm³/mol. The molecule has 0 aliphatic heterocycles. The van der Waals surface area contributed by atoms with Crippen molar-refractivity contribution in [1.29, 1.82) is 0 Å². The second kappa shape index (κ2) is 7.37. The van der Waals surface area contributed by atoms with Gasteiger partial charge in [0.05, 0.1) is 7.11 Å². The number of carbonyl (C=O) groups excluding carboxylic acids is 1. The van der Waals surface area contributed by atoms with E-state index in [0.29, 0.717) is 5.56 Å². The number of carbonyl (C=O) groups is 1. The summed E-state index contributed by atoms with van der Waals surface area (Å²) in [5.74, 6) is -1.07. The van der Waals surface area contributed by atoms with Crippen LogP contribution in [0.4, 0.5) is 4.39 Å². The molecule has 0 spiro atoms. The first-order valence-electron chi connectivity index (χ1n) is 7.12. The van der Waals surface area contributed by atoms with E-state index in [1.807, 2.05) is 0 Å². The van der Waals surface area contributed by atoms with Gasteiger partial charge in [-0.25, -0.2) is 22.6 Å². The summed E-state index contributed by atoms with van der Waals surface area (Å²) in [6, 6.07) is 5.14. The molecule has 0 radical (unpaired) electrons. The van der Waals surface area contributed by atoms with E-state index in [1.54, 1.807) is 26.0 Å². The fraction of sp³-hybridized carbons (Fsp3) is 0.333. The largest absolute Gasteiger partial charge is 0.464 e. The zero-order valence-electron chi connectivity index (χ0n) is 13.4. The summed E-state index contributed by atoms with van der Waals surface area (Å²) >= 11 is 0.905. The summed E-state index contributed by atoms with van der Waals surface area (Å²) < 4.78 is 44.5. The summed E-state index contributed by atoms with van der Waals surface area (Å²) in [7, 11) is -2.70. The SMILES string of the molecule is CCN(C(C)c1ccc(F)cc1)S(=O)(=O)c1csc(C(=O)OC)n1. The van der Waals surface area contributed by atoms with Crippen molar-refractivity contribution in [3.05, 3.63) is 46.0 Å². The molecule has 0 N–H and O–H groups in total. The number of rotatable bonds is 6. The van der Waals surface area contributed by atoms with Crippen LogP contribution in [0.2, 0.25) is 0 Å². The van der Waals surface area contributed by atoms with Crippen molar-refractivity contribution in [2.75, 3.05) is 13.7 Å². The maximum Gasteiger partial charge on any atom is 0.367 e. The first-order valence-corrected chi connectivity index (χ1v) is 9.44. The minimum Gasteiger partial charge on any atom is -0.464 e. The molecule has 0 amide bonds. The minimum atomic E-state index is -3.90. The Bertz CT molecular complexity index is 818. The van der Waals surface area contributed by atoms with Gasteiger partial charge in [0.25, 0.3) is 10.0 Å². The number of halogens is 1. The quantitative estimate of drug-likeness (QED) is 0.729. The fourth-order valence-corrected chi connectivity index (χ4v) is 4.85. The van der Waals surface area contributed by atoms with Crippen LogP contribution in [0.3, 0.4) is 0 Å². The molecule has 0 aliphatic carbocycles. The van der Waals surface area contributed by atoms with Crippen LogP contribution in [0.5, 0.6) is 0 Å². The second-order valence-corrected chi connectivity index (χ2v) is 7.61. The summed E-state index contributed by atoms with van der Waals surface area (Å²) in [4.78, 5) is 15.3. The molecule has 1 atom stereocenters. The molecule has 1 aromatic heterocycles. The Morgan fingerprint density at radius 2 is 2.00 bits per heavy atom. The van der Waals surface area contributed by atoms with Crippen LogP contribution in [0.1, 0.15) is 35.3 Å². The van der Waals surface area contributed by atoms with Crippen molar-refractivity contribution >= 4 is 27.3 Å². The maximum atomic E-state index is 13.1. The lowest BCUT2D eigenvalue weighted by Crippen LogP contribution is -2.33. The van der Waals surface area contributed by atoms with Gasteiger partial charge in [0.15, 0.2) is 5.03 Å². The van der Waals surface area contributed by atoms with E-state index in [0.717, 1.165) is 11.3 Å². The number of hydrogen-bond acceptors (Lipinski definition) is 6. The Morgan fingerprint density at radius 1 is 1.38 bits per heavy atom. The van der Waals surface area contributed by atoms with E-state index in [9.17, 15) is 17.6 Å². The number of hydrogen-bond donors (Lipinski definition) is 0. The van der Waals surface area contributed by atoms with Gasteiger partial charge in [-0.05, 0) is 24.6 Å². The minimum absolute atomic E-state index is 0.0263. The van der Waals surface area contributed by atoms with Crippen LogP contribution >= 0.6 is 11.3 Å². The number of thiazole rings is 1. The van der Waals surface area contributed by atoms with Crippen molar-refractivity contribution in [1.82, 2.24) is 9.29 Å². The molecule has 6 nitrogen and oxygen atoms in total. The van der Waals surface area contributed by atoms with E-state index in [4.69, 9.17) is 0 Å². The van der Waals surface area contributed by atoms with Crippen LogP contribution in [-0.4, -0.2) is 37.3 Å². The first-order chi connectivity index (χ1) is 11.3. The number of ether oxygens (including phenoxy) is 1. The number of nitrogens with zero attached hydrogens (tertiary/aromatic N) is 2. The molecule has 130 valence electrons. The molecular formula is C15H17FN2O4S2. The highest BCUT2D eigenvalue weighted by Crippen LogP contribution is 2.28. The number of sulfonamides is 1. The molecule has 24 heavy (non-hydrogen) atoms. The predicted octanol–water partition coefficient (Wildman–Crippen LogP) is 2.84. The standard InChI is InChI=1S/C15H17FN2O4S2/c1-4-18(10(2)11-5-7-12(16)8-6-11)24(20,21)13-9-23-14(17-13)15(19)22-3/h5-10H,4H2,1-3H3. The molecule has 0 bridgehead atoms. The number of esters is 1. The summed E-state index contributed by atoms with van der Waals surface area (Å²) in [6.45, 7) is 3.61. The van der Waals surface area contributed by atoms with Gasteiger partial charge in [0.1, 0.15) is 5.82 Å². The van der Waals surface area contributed by atoms with Crippen LogP contribution in [0, 0.1) is 5.82 Å². The lowest BCUT2D eigenvalue weighted by atomic mass is 10.1. The highest BCUT2D eigenvalue weighted by atomic mass is 32.2.